The zero-order valence-corrected chi connectivity index (χ0v) is 10.1. The molecule has 3 rings (SSSR count). The van der Waals surface area contributed by atoms with Crippen molar-refractivity contribution in [3.8, 4) is 0 Å². The second kappa shape index (κ2) is 4.17. The highest BCUT2D eigenvalue weighted by atomic mass is 35.5. The molecule has 1 aromatic rings. The van der Waals surface area contributed by atoms with Crippen LogP contribution in [0.25, 0.3) is 0 Å². The molecule has 0 radical (unpaired) electrons. The van der Waals surface area contributed by atoms with Gasteiger partial charge in [-0.3, -0.25) is 0 Å². The molecule has 0 saturated heterocycles. The number of hydrogen-bond acceptors (Lipinski definition) is 2. The molecule has 1 saturated carbocycles. The minimum absolute atomic E-state index is 0.599. The number of fused-ring (bicyclic) bond motifs is 2. The van der Waals surface area contributed by atoms with Crippen LogP contribution in [0.1, 0.15) is 25.7 Å². The fraction of sp³-hybridized carbons (Fsp3) is 0.538. The Morgan fingerprint density at radius 2 is 2.06 bits per heavy atom. The molecule has 0 bridgehead atoms. The van der Waals surface area contributed by atoms with Crippen LogP contribution in [0.3, 0.4) is 0 Å². The Hall–Kier alpha value is -0.890. The highest BCUT2D eigenvalue weighted by molar-refractivity contribution is 6.34. The number of anilines is 2. The first-order chi connectivity index (χ1) is 7.84. The molecule has 1 fully saturated rings. The summed E-state index contributed by atoms with van der Waals surface area (Å²) in [5.74, 6) is 0.747. The predicted molar refractivity (Wildman–Crippen MR) is 69.3 cm³/mol. The summed E-state index contributed by atoms with van der Waals surface area (Å²) in [5.41, 5.74) is 2.25. The molecule has 0 amide bonds. The molecule has 0 spiro atoms. The van der Waals surface area contributed by atoms with E-state index < -0.39 is 0 Å². The Morgan fingerprint density at radius 3 is 3.00 bits per heavy atom. The smallest absolute Gasteiger partial charge is 0.0767 e. The van der Waals surface area contributed by atoms with Crippen LogP contribution >= 0.6 is 11.6 Å². The Kier molecular flexibility index (Phi) is 2.68. The second-order valence-corrected chi connectivity index (χ2v) is 5.25. The predicted octanol–water partition coefficient (Wildman–Crippen LogP) is 3.74. The molecule has 1 aromatic carbocycles. The fourth-order valence-corrected chi connectivity index (χ4v) is 3.12. The van der Waals surface area contributed by atoms with Gasteiger partial charge in [0.05, 0.1) is 16.4 Å². The Morgan fingerprint density at radius 1 is 1.19 bits per heavy atom. The van der Waals surface area contributed by atoms with E-state index in [9.17, 15) is 0 Å². The summed E-state index contributed by atoms with van der Waals surface area (Å²) in [7, 11) is 0. The molecular weight excluding hydrogens is 220 g/mol. The van der Waals surface area contributed by atoms with Gasteiger partial charge >= 0.3 is 0 Å². The van der Waals surface area contributed by atoms with Crippen molar-refractivity contribution in [1.82, 2.24) is 0 Å². The normalized spacial score (nSPS) is 28.1. The zero-order valence-electron chi connectivity index (χ0n) is 9.30. The van der Waals surface area contributed by atoms with Gasteiger partial charge < -0.3 is 10.6 Å². The van der Waals surface area contributed by atoms with E-state index in [1.54, 1.807) is 0 Å². The lowest BCUT2D eigenvalue weighted by atomic mass is 9.84. The Bertz CT molecular complexity index is 392. The number of rotatable bonds is 0. The maximum atomic E-state index is 6.24. The summed E-state index contributed by atoms with van der Waals surface area (Å²) in [6, 6.07) is 6.66. The van der Waals surface area contributed by atoms with E-state index in [4.69, 9.17) is 11.6 Å². The van der Waals surface area contributed by atoms with Crippen LogP contribution in [0, 0.1) is 5.92 Å². The third kappa shape index (κ3) is 1.75. The summed E-state index contributed by atoms with van der Waals surface area (Å²) in [6.45, 7) is 1.07. The van der Waals surface area contributed by atoms with Crippen LogP contribution in [0.4, 0.5) is 11.4 Å². The molecule has 1 aliphatic heterocycles. The summed E-state index contributed by atoms with van der Waals surface area (Å²) in [5, 5.41) is 7.98. The van der Waals surface area contributed by atoms with Gasteiger partial charge in [0.25, 0.3) is 0 Å². The first-order valence-corrected chi connectivity index (χ1v) is 6.51. The molecule has 1 aliphatic carbocycles. The number of benzene rings is 1. The van der Waals surface area contributed by atoms with Gasteiger partial charge in [0.2, 0.25) is 0 Å². The number of halogens is 1. The van der Waals surface area contributed by atoms with E-state index >= 15 is 0 Å². The third-order valence-corrected chi connectivity index (χ3v) is 4.12. The summed E-state index contributed by atoms with van der Waals surface area (Å²) in [6.07, 6.45) is 5.32. The number of hydrogen-bond donors (Lipinski definition) is 2. The van der Waals surface area contributed by atoms with E-state index in [0.29, 0.717) is 6.04 Å². The zero-order chi connectivity index (χ0) is 11.0. The van der Waals surface area contributed by atoms with Crippen molar-refractivity contribution >= 4 is 23.0 Å². The summed E-state index contributed by atoms with van der Waals surface area (Å²) < 4.78 is 0. The maximum Gasteiger partial charge on any atom is 0.0767 e. The lowest BCUT2D eigenvalue weighted by molar-refractivity contribution is 0.342. The van der Waals surface area contributed by atoms with E-state index in [2.05, 4.69) is 16.7 Å². The van der Waals surface area contributed by atoms with Crippen molar-refractivity contribution in [2.45, 2.75) is 31.7 Å². The van der Waals surface area contributed by atoms with Gasteiger partial charge in [-0.2, -0.15) is 0 Å². The minimum Gasteiger partial charge on any atom is -0.383 e. The van der Waals surface area contributed by atoms with E-state index in [1.165, 1.54) is 25.7 Å². The average molecular weight is 237 g/mol. The van der Waals surface area contributed by atoms with Crippen molar-refractivity contribution in [2.24, 2.45) is 5.92 Å². The van der Waals surface area contributed by atoms with Gasteiger partial charge in [-0.05, 0) is 30.9 Å². The van der Waals surface area contributed by atoms with Crippen molar-refractivity contribution in [3.63, 3.8) is 0 Å². The van der Waals surface area contributed by atoms with Gasteiger partial charge in [-0.1, -0.05) is 30.5 Å². The molecule has 3 heteroatoms. The maximum absolute atomic E-state index is 6.24. The van der Waals surface area contributed by atoms with E-state index in [0.717, 1.165) is 28.9 Å². The molecule has 0 aromatic heterocycles. The standard InChI is InChI=1S/C13H17ClN2/c14-10-5-3-7-12-13(10)16-11-6-2-1-4-9(11)8-15-12/h3,5,7,9,11,15-16H,1-2,4,6,8H2. The second-order valence-electron chi connectivity index (χ2n) is 4.84. The van der Waals surface area contributed by atoms with Crippen LogP contribution in [0.15, 0.2) is 18.2 Å². The number of nitrogens with one attached hydrogen (secondary N) is 2. The molecule has 16 heavy (non-hydrogen) atoms. The first kappa shape index (κ1) is 10.3. The van der Waals surface area contributed by atoms with Crippen LogP contribution in [-0.4, -0.2) is 12.6 Å². The van der Waals surface area contributed by atoms with Gasteiger partial charge in [0, 0.05) is 12.6 Å². The van der Waals surface area contributed by atoms with Crippen molar-refractivity contribution < 1.29 is 0 Å². The number of para-hydroxylation sites is 1. The van der Waals surface area contributed by atoms with Crippen molar-refractivity contribution in [2.75, 3.05) is 17.2 Å². The van der Waals surface area contributed by atoms with Gasteiger partial charge in [-0.25, -0.2) is 0 Å². The topological polar surface area (TPSA) is 24.1 Å². The molecule has 2 unspecified atom stereocenters. The highest BCUT2D eigenvalue weighted by Crippen LogP contribution is 2.37. The lowest BCUT2D eigenvalue weighted by Gasteiger charge is -2.30. The fourth-order valence-electron chi connectivity index (χ4n) is 2.89. The molecule has 2 aliphatic rings. The Labute approximate surface area is 101 Å². The van der Waals surface area contributed by atoms with Crippen molar-refractivity contribution in [1.29, 1.82) is 0 Å². The molecular formula is C13H17ClN2. The molecule has 1 heterocycles. The minimum atomic E-state index is 0.599. The van der Waals surface area contributed by atoms with E-state index in [-0.39, 0.29) is 0 Å². The van der Waals surface area contributed by atoms with Gasteiger partial charge in [0.15, 0.2) is 0 Å². The third-order valence-electron chi connectivity index (χ3n) is 3.81. The SMILES string of the molecule is Clc1cccc2c1NC1CCCCC1CN2. The highest BCUT2D eigenvalue weighted by Gasteiger charge is 2.28. The average Bonchev–Trinajstić information content (AvgIpc) is 2.50. The Balaban J connectivity index is 1.93. The molecule has 86 valence electrons. The first-order valence-electron chi connectivity index (χ1n) is 6.13. The van der Waals surface area contributed by atoms with Crippen molar-refractivity contribution in [3.05, 3.63) is 23.2 Å². The lowest BCUT2D eigenvalue weighted by Crippen LogP contribution is -2.34. The van der Waals surface area contributed by atoms with Crippen LogP contribution < -0.4 is 10.6 Å². The van der Waals surface area contributed by atoms with Crippen LogP contribution in [-0.2, 0) is 0 Å². The van der Waals surface area contributed by atoms with Gasteiger partial charge in [0.1, 0.15) is 0 Å². The molecule has 2 nitrogen and oxygen atoms in total. The van der Waals surface area contributed by atoms with Crippen LogP contribution in [0.2, 0.25) is 5.02 Å². The molecule has 2 atom stereocenters. The van der Waals surface area contributed by atoms with Crippen LogP contribution in [0.5, 0.6) is 0 Å². The largest absolute Gasteiger partial charge is 0.383 e. The summed E-state index contributed by atoms with van der Waals surface area (Å²) in [4.78, 5) is 0. The van der Waals surface area contributed by atoms with E-state index in [1.807, 2.05) is 12.1 Å². The quantitative estimate of drug-likeness (QED) is 0.717. The monoisotopic (exact) mass is 236 g/mol. The summed E-state index contributed by atoms with van der Waals surface area (Å²) >= 11 is 6.24. The van der Waals surface area contributed by atoms with Gasteiger partial charge in [-0.15, -0.1) is 0 Å². The molecule has 2 N–H and O–H groups in total.